The summed E-state index contributed by atoms with van der Waals surface area (Å²) in [7, 11) is 2.16. The number of rotatable bonds is 2. The fourth-order valence-corrected chi connectivity index (χ4v) is 3.91. The van der Waals surface area contributed by atoms with Gasteiger partial charge in [-0.3, -0.25) is 0 Å². The van der Waals surface area contributed by atoms with Gasteiger partial charge in [0.05, 0.1) is 5.52 Å². The van der Waals surface area contributed by atoms with Crippen molar-refractivity contribution in [1.82, 2.24) is 4.57 Å². The van der Waals surface area contributed by atoms with Gasteiger partial charge in [-0.2, -0.15) is 0 Å². The summed E-state index contributed by atoms with van der Waals surface area (Å²) in [5.74, 6) is 0. The number of hydrogen-bond acceptors (Lipinski definition) is 1. The Bertz CT molecular complexity index is 589. The Morgan fingerprint density at radius 1 is 1.21 bits per heavy atom. The molecule has 19 heavy (non-hydrogen) atoms. The quantitative estimate of drug-likeness (QED) is 0.873. The number of nitrogens with zero attached hydrogens (tertiary/aromatic N) is 1. The van der Waals surface area contributed by atoms with Gasteiger partial charge in [-0.15, -0.1) is 0 Å². The van der Waals surface area contributed by atoms with Crippen LogP contribution in [0.15, 0.2) is 24.4 Å². The van der Waals surface area contributed by atoms with Crippen molar-refractivity contribution in [2.45, 2.75) is 44.4 Å². The smallest absolute Gasteiger partial charge is 0.0510 e. The Balaban J connectivity index is 2.22. The van der Waals surface area contributed by atoms with Crippen LogP contribution in [0.1, 0.15) is 43.2 Å². The predicted molar refractivity (Wildman–Crippen MR) is 81.5 cm³/mol. The second kappa shape index (κ2) is 4.68. The lowest BCUT2D eigenvalue weighted by Gasteiger charge is -2.36. The Morgan fingerprint density at radius 3 is 2.63 bits per heavy atom. The van der Waals surface area contributed by atoms with E-state index < -0.39 is 0 Å². The minimum Gasteiger partial charge on any atom is -0.350 e. The van der Waals surface area contributed by atoms with E-state index in [-0.39, 0.29) is 5.41 Å². The second-order valence-corrected chi connectivity index (χ2v) is 6.17. The number of para-hydroxylation sites is 1. The molecule has 1 saturated carbocycles. The maximum Gasteiger partial charge on any atom is 0.0510 e. The molecule has 1 heterocycles. The Kier molecular flexibility index (Phi) is 3.14. The van der Waals surface area contributed by atoms with Gasteiger partial charge in [0.2, 0.25) is 0 Å². The van der Waals surface area contributed by atoms with Crippen LogP contribution in [0.3, 0.4) is 0 Å². The van der Waals surface area contributed by atoms with Crippen molar-refractivity contribution in [3.63, 3.8) is 0 Å². The van der Waals surface area contributed by atoms with Crippen LogP contribution < -0.4 is 5.73 Å². The fraction of sp³-hybridized carbons (Fsp3) is 0.529. The van der Waals surface area contributed by atoms with Gasteiger partial charge in [0.15, 0.2) is 0 Å². The summed E-state index contributed by atoms with van der Waals surface area (Å²) < 4.78 is 2.28. The highest BCUT2D eigenvalue weighted by Crippen LogP contribution is 2.42. The van der Waals surface area contributed by atoms with E-state index >= 15 is 0 Å². The van der Waals surface area contributed by atoms with Crippen LogP contribution in [0.5, 0.6) is 0 Å². The van der Waals surface area contributed by atoms with E-state index in [4.69, 9.17) is 5.73 Å². The molecule has 0 unspecified atom stereocenters. The molecular weight excluding hydrogens is 232 g/mol. The van der Waals surface area contributed by atoms with E-state index in [2.05, 4.69) is 42.9 Å². The first kappa shape index (κ1) is 12.7. The van der Waals surface area contributed by atoms with E-state index in [1.54, 1.807) is 0 Å². The number of nitrogens with two attached hydrogens (primary N) is 1. The molecule has 1 aliphatic carbocycles. The molecule has 0 saturated heterocycles. The molecule has 102 valence electrons. The number of fused-ring (bicyclic) bond motifs is 1. The van der Waals surface area contributed by atoms with Gasteiger partial charge in [0.25, 0.3) is 0 Å². The fourth-order valence-electron chi connectivity index (χ4n) is 3.91. The van der Waals surface area contributed by atoms with Crippen LogP contribution in [0.25, 0.3) is 10.9 Å². The van der Waals surface area contributed by atoms with E-state index in [0.717, 1.165) is 6.54 Å². The lowest BCUT2D eigenvalue weighted by molar-refractivity contribution is 0.302. The minimum absolute atomic E-state index is 0.214. The molecule has 3 rings (SSSR count). The zero-order valence-electron chi connectivity index (χ0n) is 12.1. The molecule has 2 N–H and O–H groups in total. The summed E-state index contributed by atoms with van der Waals surface area (Å²) in [5, 5.41) is 1.41. The number of aromatic nitrogens is 1. The Morgan fingerprint density at radius 2 is 1.95 bits per heavy atom. The molecule has 1 aromatic carbocycles. The summed E-state index contributed by atoms with van der Waals surface area (Å²) in [6.45, 7) is 2.97. The van der Waals surface area contributed by atoms with Gasteiger partial charge in [0.1, 0.15) is 0 Å². The van der Waals surface area contributed by atoms with Gasteiger partial charge in [-0.25, -0.2) is 0 Å². The van der Waals surface area contributed by atoms with Crippen molar-refractivity contribution in [2.75, 3.05) is 6.54 Å². The van der Waals surface area contributed by atoms with Crippen molar-refractivity contribution < 1.29 is 0 Å². The largest absolute Gasteiger partial charge is 0.350 e. The zero-order valence-corrected chi connectivity index (χ0v) is 12.1. The van der Waals surface area contributed by atoms with Gasteiger partial charge >= 0.3 is 0 Å². The summed E-state index contributed by atoms with van der Waals surface area (Å²) in [6.07, 6.45) is 8.83. The minimum atomic E-state index is 0.214. The molecular formula is C17H24N2. The third kappa shape index (κ3) is 1.90. The van der Waals surface area contributed by atoms with E-state index in [1.807, 2.05) is 0 Å². The van der Waals surface area contributed by atoms with Gasteiger partial charge in [0, 0.05) is 30.6 Å². The molecule has 0 radical (unpaired) electrons. The molecule has 0 spiro atoms. The summed E-state index contributed by atoms with van der Waals surface area (Å²) >= 11 is 0. The highest BCUT2D eigenvalue weighted by atomic mass is 14.9. The third-order valence-corrected chi connectivity index (χ3v) is 4.98. The summed E-state index contributed by atoms with van der Waals surface area (Å²) in [4.78, 5) is 0. The number of aryl methyl sites for hydroxylation is 2. The molecule has 0 bridgehead atoms. The molecule has 0 aliphatic heterocycles. The van der Waals surface area contributed by atoms with Crippen LogP contribution in [-0.4, -0.2) is 11.1 Å². The first-order valence-corrected chi connectivity index (χ1v) is 7.43. The molecule has 0 atom stereocenters. The molecule has 1 fully saturated rings. The first-order valence-electron chi connectivity index (χ1n) is 7.43. The monoisotopic (exact) mass is 256 g/mol. The first-order chi connectivity index (χ1) is 9.18. The normalized spacial score (nSPS) is 18.9. The molecule has 2 aromatic rings. The summed E-state index contributed by atoms with van der Waals surface area (Å²) in [5.41, 5.74) is 10.6. The van der Waals surface area contributed by atoms with Crippen molar-refractivity contribution in [1.29, 1.82) is 0 Å². The summed E-state index contributed by atoms with van der Waals surface area (Å²) in [6, 6.07) is 6.64. The van der Waals surface area contributed by atoms with Crippen molar-refractivity contribution in [3.8, 4) is 0 Å². The van der Waals surface area contributed by atoms with Crippen molar-refractivity contribution in [3.05, 3.63) is 35.5 Å². The predicted octanol–water partition coefficient (Wildman–Crippen LogP) is 3.65. The van der Waals surface area contributed by atoms with Crippen LogP contribution in [0.4, 0.5) is 0 Å². The lowest BCUT2D eigenvalue weighted by Crippen LogP contribution is -2.37. The molecule has 1 aliphatic rings. The molecule has 2 heteroatoms. The maximum atomic E-state index is 6.20. The lowest BCUT2D eigenvalue weighted by atomic mass is 9.69. The molecule has 1 aromatic heterocycles. The van der Waals surface area contributed by atoms with Crippen LogP contribution in [0.2, 0.25) is 0 Å². The number of benzene rings is 1. The van der Waals surface area contributed by atoms with Gasteiger partial charge in [-0.05, 0) is 30.9 Å². The SMILES string of the molecule is Cc1cccc2c(C3(CN)CCCCC3)cn(C)c12. The van der Waals surface area contributed by atoms with Gasteiger partial charge in [-0.1, -0.05) is 37.5 Å². The Labute approximate surface area is 115 Å². The zero-order chi connectivity index (χ0) is 13.5. The topological polar surface area (TPSA) is 30.9 Å². The van der Waals surface area contributed by atoms with E-state index in [1.165, 1.54) is 54.1 Å². The van der Waals surface area contributed by atoms with Crippen molar-refractivity contribution >= 4 is 10.9 Å². The van der Waals surface area contributed by atoms with Crippen molar-refractivity contribution in [2.24, 2.45) is 12.8 Å². The van der Waals surface area contributed by atoms with E-state index in [0.29, 0.717) is 0 Å². The maximum absolute atomic E-state index is 6.20. The van der Waals surface area contributed by atoms with Crippen LogP contribution in [0, 0.1) is 6.92 Å². The average Bonchev–Trinajstić information content (AvgIpc) is 2.79. The van der Waals surface area contributed by atoms with Crippen LogP contribution >= 0.6 is 0 Å². The highest BCUT2D eigenvalue weighted by molar-refractivity contribution is 5.87. The Hall–Kier alpha value is -1.28. The van der Waals surface area contributed by atoms with Gasteiger partial charge < -0.3 is 10.3 Å². The third-order valence-electron chi connectivity index (χ3n) is 4.98. The van der Waals surface area contributed by atoms with Crippen LogP contribution in [-0.2, 0) is 12.5 Å². The second-order valence-electron chi connectivity index (χ2n) is 6.17. The standard InChI is InChI=1S/C17H24N2/c1-13-7-6-8-14-15(11-19(2)16(13)14)17(12-18)9-4-3-5-10-17/h6-8,11H,3-5,9-10,12,18H2,1-2H3. The molecule has 0 amide bonds. The average molecular weight is 256 g/mol. The van der Waals surface area contributed by atoms with E-state index in [9.17, 15) is 0 Å². The number of hydrogen-bond donors (Lipinski definition) is 1. The molecule has 2 nitrogen and oxygen atoms in total. The highest BCUT2D eigenvalue weighted by Gasteiger charge is 2.34.